The van der Waals surface area contributed by atoms with Gasteiger partial charge in [-0.2, -0.15) is 0 Å². The summed E-state index contributed by atoms with van der Waals surface area (Å²) in [5.41, 5.74) is 0. The molecule has 0 atom stereocenters. The minimum atomic E-state index is -4.30. The van der Waals surface area contributed by atoms with Gasteiger partial charge in [-0.1, -0.05) is 6.08 Å². The Balaban J connectivity index is -0.000000605. The molecule has 7 heteroatoms. The summed E-state index contributed by atoms with van der Waals surface area (Å²) in [6.07, 6.45) is 2.06. The van der Waals surface area contributed by atoms with Gasteiger partial charge in [-0.3, -0.25) is 4.52 Å². The summed E-state index contributed by atoms with van der Waals surface area (Å²) in [7, 11) is -4.30. The Hall–Kier alpha value is 0.810. The summed E-state index contributed by atoms with van der Waals surface area (Å²) in [6.45, 7) is 4.29. The molecule has 0 aromatic heterocycles. The SMILES string of the molecule is C=CCOCCCOP(=O)(O)O.[H-].[Na+]. The molecule has 0 aliphatic carbocycles. The molecule has 0 aliphatic heterocycles. The smallest absolute Gasteiger partial charge is 1.00 e. The van der Waals surface area contributed by atoms with E-state index in [1.54, 1.807) is 6.08 Å². The Morgan fingerprint density at radius 1 is 1.46 bits per heavy atom. The van der Waals surface area contributed by atoms with Crippen LogP contribution >= 0.6 is 7.82 Å². The largest absolute Gasteiger partial charge is 1.00 e. The van der Waals surface area contributed by atoms with E-state index in [2.05, 4.69) is 11.1 Å². The molecule has 2 N–H and O–H groups in total. The zero-order chi connectivity index (χ0) is 9.45. The fourth-order valence-corrected chi connectivity index (χ4v) is 0.878. The van der Waals surface area contributed by atoms with Crippen molar-refractivity contribution in [3.8, 4) is 0 Å². The van der Waals surface area contributed by atoms with Crippen molar-refractivity contribution in [2.24, 2.45) is 0 Å². The predicted molar refractivity (Wildman–Crippen MR) is 44.7 cm³/mol. The maximum atomic E-state index is 10.1. The van der Waals surface area contributed by atoms with E-state index in [9.17, 15) is 4.57 Å². The first-order chi connectivity index (χ1) is 5.56. The van der Waals surface area contributed by atoms with Crippen LogP contribution in [0, 0.1) is 0 Å². The minimum Gasteiger partial charge on any atom is -1.00 e. The van der Waals surface area contributed by atoms with Crippen LogP contribution in [-0.4, -0.2) is 29.6 Å². The maximum absolute atomic E-state index is 10.1. The van der Waals surface area contributed by atoms with E-state index in [0.29, 0.717) is 19.6 Å². The molecule has 0 amide bonds. The first kappa shape index (κ1) is 16.2. The van der Waals surface area contributed by atoms with Crippen LogP contribution in [-0.2, 0) is 13.8 Å². The first-order valence-corrected chi connectivity index (χ1v) is 4.98. The van der Waals surface area contributed by atoms with Crippen LogP contribution in [0.2, 0.25) is 0 Å². The summed E-state index contributed by atoms with van der Waals surface area (Å²) in [5.74, 6) is 0. The normalized spacial score (nSPS) is 10.6. The molecule has 0 saturated heterocycles. The third-order valence-corrected chi connectivity index (χ3v) is 1.45. The molecular formula is C6H14NaO5P. The number of hydrogen-bond donors (Lipinski definition) is 2. The molecule has 0 aromatic rings. The predicted octanol–water partition coefficient (Wildman–Crippen LogP) is -2.20. The van der Waals surface area contributed by atoms with Crippen molar-refractivity contribution in [2.45, 2.75) is 6.42 Å². The van der Waals surface area contributed by atoms with Crippen LogP contribution < -0.4 is 29.6 Å². The third-order valence-electron chi connectivity index (χ3n) is 0.928. The second-order valence-electron chi connectivity index (χ2n) is 2.04. The van der Waals surface area contributed by atoms with Crippen LogP contribution in [0.4, 0.5) is 0 Å². The number of rotatable bonds is 7. The molecule has 0 heterocycles. The topological polar surface area (TPSA) is 76.0 Å². The molecule has 0 unspecified atom stereocenters. The average Bonchev–Trinajstić information content (AvgIpc) is 1.94. The standard InChI is InChI=1S/C6H13O5P.Na.H/c1-2-4-10-5-3-6-11-12(7,8)9;;/h2H,1,3-6H2,(H2,7,8,9);;/q;+1;-1. The Labute approximate surface area is 101 Å². The number of hydrogen-bond acceptors (Lipinski definition) is 3. The Kier molecular flexibility index (Phi) is 11.7. The summed E-state index contributed by atoms with van der Waals surface area (Å²) in [6, 6.07) is 0. The molecule has 0 aromatic carbocycles. The summed E-state index contributed by atoms with van der Waals surface area (Å²) >= 11 is 0. The van der Waals surface area contributed by atoms with Crippen LogP contribution in [0.5, 0.6) is 0 Å². The van der Waals surface area contributed by atoms with Crippen LogP contribution in [0.1, 0.15) is 7.85 Å². The third kappa shape index (κ3) is 15.6. The van der Waals surface area contributed by atoms with Crippen molar-refractivity contribution in [3.63, 3.8) is 0 Å². The molecule has 0 spiro atoms. The van der Waals surface area contributed by atoms with Gasteiger partial charge in [0.1, 0.15) is 0 Å². The van der Waals surface area contributed by atoms with Gasteiger partial charge in [0.15, 0.2) is 0 Å². The van der Waals surface area contributed by atoms with Gasteiger partial charge < -0.3 is 16.0 Å². The number of ether oxygens (including phenoxy) is 1. The summed E-state index contributed by atoms with van der Waals surface area (Å²) in [5, 5.41) is 0. The van der Waals surface area contributed by atoms with Gasteiger partial charge >= 0.3 is 37.4 Å². The first-order valence-electron chi connectivity index (χ1n) is 3.45. The molecule has 0 rings (SSSR count). The summed E-state index contributed by atoms with van der Waals surface area (Å²) < 4.78 is 19.3. The Morgan fingerprint density at radius 3 is 2.54 bits per heavy atom. The molecule has 0 radical (unpaired) electrons. The fourth-order valence-electron chi connectivity index (χ4n) is 0.511. The molecule has 13 heavy (non-hydrogen) atoms. The molecular weight excluding hydrogens is 206 g/mol. The van der Waals surface area contributed by atoms with Gasteiger partial charge in [0.25, 0.3) is 0 Å². The van der Waals surface area contributed by atoms with Crippen LogP contribution in [0.25, 0.3) is 0 Å². The minimum absolute atomic E-state index is 0. The van der Waals surface area contributed by atoms with Gasteiger partial charge in [0.05, 0.1) is 13.2 Å². The van der Waals surface area contributed by atoms with E-state index >= 15 is 0 Å². The molecule has 74 valence electrons. The zero-order valence-corrected chi connectivity index (χ0v) is 10.6. The van der Waals surface area contributed by atoms with Crippen molar-refractivity contribution >= 4 is 7.82 Å². The van der Waals surface area contributed by atoms with Crippen LogP contribution in [0.3, 0.4) is 0 Å². The van der Waals surface area contributed by atoms with Crippen molar-refractivity contribution < 1.29 is 54.6 Å². The molecule has 0 saturated carbocycles. The van der Waals surface area contributed by atoms with E-state index in [0.717, 1.165) is 0 Å². The average molecular weight is 220 g/mol. The summed E-state index contributed by atoms with van der Waals surface area (Å²) in [4.78, 5) is 16.5. The van der Waals surface area contributed by atoms with Gasteiger partial charge in [-0.05, 0) is 6.42 Å². The zero-order valence-electron chi connectivity index (χ0n) is 8.68. The number of phosphoric acid groups is 1. The van der Waals surface area contributed by atoms with Crippen molar-refractivity contribution in [2.75, 3.05) is 19.8 Å². The maximum Gasteiger partial charge on any atom is 1.00 e. The van der Waals surface area contributed by atoms with E-state index in [-0.39, 0.29) is 37.6 Å². The van der Waals surface area contributed by atoms with E-state index in [1.807, 2.05) is 0 Å². The van der Waals surface area contributed by atoms with Crippen molar-refractivity contribution in [1.29, 1.82) is 0 Å². The van der Waals surface area contributed by atoms with Gasteiger partial charge in [-0.25, -0.2) is 4.57 Å². The molecule has 0 fully saturated rings. The number of phosphoric ester groups is 1. The second kappa shape index (κ2) is 9.37. The van der Waals surface area contributed by atoms with Gasteiger partial charge in [-0.15, -0.1) is 6.58 Å². The quantitative estimate of drug-likeness (QED) is 0.220. The fraction of sp³-hybridized carbons (Fsp3) is 0.667. The molecule has 5 nitrogen and oxygen atoms in total. The van der Waals surface area contributed by atoms with Gasteiger partial charge in [0, 0.05) is 6.61 Å². The Morgan fingerprint density at radius 2 is 2.08 bits per heavy atom. The Bertz CT molecular complexity index is 174. The van der Waals surface area contributed by atoms with Crippen LogP contribution in [0.15, 0.2) is 12.7 Å². The van der Waals surface area contributed by atoms with E-state index in [1.165, 1.54) is 0 Å². The molecule has 0 aliphatic rings. The van der Waals surface area contributed by atoms with Crippen molar-refractivity contribution in [1.82, 2.24) is 0 Å². The van der Waals surface area contributed by atoms with Crippen molar-refractivity contribution in [3.05, 3.63) is 12.7 Å². The monoisotopic (exact) mass is 220 g/mol. The molecule has 0 bridgehead atoms. The van der Waals surface area contributed by atoms with E-state index in [4.69, 9.17) is 14.5 Å². The van der Waals surface area contributed by atoms with Gasteiger partial charge in [0.2, 0.25) is 0 Å². The second-order valence-corrected chi connectivity index (χ2v) is 3.28. The van der Waals surface area contributed by atoms with E-state index < -0.39 is 7.82 Å².